The van der Waals surface area contributed by atoms with E-state index in [1.807, 2.05) is 0 Å². The van der Waals surface area contributed by atoms with Crippen molar-refractivity contribution < 1.29 is 24.2 Å². The van der Waals surface area contributed by atoms with Crippen LogP contribution in [0.3, 0.4) is 0 Å². The van der Waals surface area contributed by atoms with Gasteiger partial charge in [-0.2, -0.15) is 0 Å². The van der Waals surface area contributed by atoms with E-state index in [4.69, 9.17) is 27.9 Å². The standard InChI is InChI=1S/C23H22Cl2N2O5/c1-2-3-4-5-10-32-20-18(24)12-14(13-19(20)25)11-17-21(29)26-23(31)27(22(17)30)15-6-8-16(28)9-7-15/h6-9,11-13,28H,2-5,10H2,1H3,(H,26,29,31)/b17-11-. The second-order valence-electron chi connectivity index (χ2n) is 7.20. The average molecular weight is 477 g/mol. The number of phenols is 1. The Kier molecular flexibility index (Phi) is 7.77. The Hall–Kier alpha value is -3.03. The fraction of sp³-hybridized carbons (Fsp3) is 0.261. The number of benzene rings is 2. The first-order valence-electron chi connectivity index (χ1n) is 10.1. The summed E-state index contributed by atoms with van der Waals surface area (Å²) >= 11 is 12.6. The van der Waals surface area contributed by atoms with Gasteiger partial charge in [0.05, 0.1) is 22.3 Å². The molecule has 168 valence electrons. The lowest BCUT2D eigenvalue weighted by molar-refractivity contribution is -0.122. The molecule has 0 atom stereocenters. The van der Waals surface area contributed by atoms with Gasteiger partial charge in [0.15, 0.2) is 5.75 Å². The van der Waals surface area contributed by atoms with Crippen LogP contribution in [-0.2, 0) is 9.59 Å². The molecule has 1 fully saturated rings. The third kappa shape index (κ3) is 5.41. The number of barbiturate groups is 1. The minimum atomic E-state index is -0.884. The van der Waals surface area contributed by atoms with Crippen LogP contribution in [-0.4, -0.2) is 29.6 Å². The topological polar surface area (TPSA) is 95.9 Å². The normalized spacial score (nSPS) is 15.3. The average Bonchev–Trinajstić information content (AvgIpc) is 2.74. The summed E-state index contributed by atoms with van der Waals surface area (Å²) < 4.78 is 5.70. The number of hydrogen-bond donors (Lipinski definition) is 2. The molecule has 7 nitrogen and oxygen atoms in total. The number of unbranched alkanes of at least 4 members (excludes halogenated alkanes) is 3. The Morgan fingerprint density at radius 2 is 1.69 bits per heavy atom. The molecule has 4 amide bonds. The zero-order valence-electron chi connectivity index (χ0n) is 17.4. The second kappa shape index (κ2) is 10.5. The maximum absolute atomic E-state index is 12.9. The van der Waals surface area contributed by atoms with Crippen LogP contribution in [0.25, 0.3) is 6.08 Å². The summed E-state index contributed by atoms with van der Waals surface area (Å²) in [7, 11) is 0. The van der Waals surface area contributed by atoms with Crippen LogP contribution in [0.2, 0.25) is 10.0 Å². The van der Waals surface area contributed by atoms with Gasteiger partial charge in [0.25, 0.3) is 11.8 Å². The van der Waals surface area contributed by atoms with E-state index in [2.05, 4.69) is 12.2 Å². The quantitative estimate of drug-likeness (QED) is 0.305. The van der Waals surface area contributed by atoms with E-state index in [0.717, 1.165) is 30.6 Å². The van der Waals surface area contributed by atoms with Gasteiger partial charge in [0, 0.05) is 0 Å². The van der Waals surface area contributed by atoms with Gasteiger partial charge in [-0.05, 0) is 54.5 Å². The number of aromatic hydroxyl groups is 1. The van der Waals surface area contributed by atoms with Gasteiger partial charge in [0.1, 0.15) is 11.3 Å². The zero-order chi connectivity index (χ0) is 23.3. The molecule has 2 aromatic carbocycles. The molecule has 0 aliphatic carbocycles. The van der Waals surface area contributed by atoms with E-state index < -0.39 is 17.8 Å². The summed E-state index contributed by atoms with van der Waals surface area (Å²) in [5.41, 5.74) is 0.335. The van der Waals surface area contributed by atoms with Crippen molar-refractivity contribution in [3.05, 3.63) is 57.6 Å². The number of urea groups is 1. The van der Waals surface area contributed by atoms with Crippen molar-refractivity contribution >= 4 is 52.8 Å². The molecule has 0 bridgehead atoms. The lowest BCUT2D eigenvalue weighted by Gasteiger charge is -2.26. The molecule has 0 unspecified atom stereocenters. The van der Waals surface area contributed by atoms with E-state index in [1.54, 1.807) is 0 Å². The van der Waals surface area contributed by atoms with Gasteiger partial charge in [-0.25, -0.2) is 9.69 Å². The smallest absolute Gasteiger partial charge is 0.335 e. The molecule has 1 heterocycles. The third-order valence-corrected chi connectivity index (χ3v) is 5.35. The van der Waals surface area contributed by atoms with E-state index in [9.17, 15) is 19.5 Å². The van der Waals surface area contributed by atoms with Gasteiger partial charge in [0.2, 0.25) is 0 Å². The van der Waals surface area contributed by atoms with Crippen LogP contribution in [0.1, 0.15) is 38.2 Å². The molecule has 2 N–H and O–H groups in total. The number of amides is 4. The first-order valence-corrected chi connectivity index (χ1v) is 10.9. The fourth-order valence-corrected chi connectivity index (χ4v) is 3.78. The molecule has 1 aliphatic rings. The summed E-state index contributed by atoms with van der Waals surface area (Å²) in [5.74, 6) is -1.33. The van der Waals surface area contributed by atoms with Gasteiger partial charge in [-0.1, -0.05) is 49.4 Å². The molecule has 2 aromatic rings. The number of phenolic OH excluding ortho intramolecular Hbond substituents is 1. The first kappa shape index (κ1) is 23.6. The van der Waals surface area contributed by atoms with Crippen molar-refractivity contribution in [2.24, 2.45) is 0 Å². The van der Waals surface area contributed by atoms with Gasteiger partial charge in [-0.3, -0.25) is 14.9 Å². The third-order valence-electron chi connectivity index (χ3n) is 4.79. The summed E-state index contributed by atoms with van der Waals surface area (Å²) in [6.07, 6.45) is 5.47. The van der Waals surface area contributed by atoms with Crippen molar-refractivity contribution in [3.63, 3.8) is 0 Å². The first-order chi connectivity index (χ1) is 15.3. The SMILES string of the molecule is CCCCCCOc1c(Cl)cc(/C=C2/C(=O)NC(=O)N(c3ccc(O)cc3)C2=O)cc1Cl. The molecule has 9 heteroatoms. The predicted octanol–water partition coefficient (Wildman–Crippen LogP) is 5.32. The Morgan fingerprint density at radius 3 is 2.31 bits per heavy atom. The number of carbonyl (C=O) groups is 3. The van der Waals surface area contributed by atoms with E-state index in [0.29, 0.717) is 17.9 Å². The Balaban J connectivity index is 1.84. The summed E-state index contributed by atoms with van der Waals surface area (Å²) in [5, 5.41) is 12.1. The number of ether oxygens (including phenoxy) is 1. The number of carbonyl (C=O) groups excluding carboxylic acids is 3. The number of imide groups is 2. The maximum atomic E-state index is 12.9. The maximum Gasteiger partial charge on any atom is 0.335 e. The molecule has 0 saturated carbocycles. The largest absolute Gasteiger partial charge is 0.508 e. The van der Waals surface area contributed by atoms with Crippen LogP contribution < -0.4 is 15.0 Å². The molecule has 3 rings (SSSR count). The number of nitrogens with one attached hydrogen (secondary N) is 1. The number of anilines is 1. The molecule has 1 saturated heterocycles. The summed E-state index contributed by atoms with van der Waals surface area (Å²) in [4.78, 5) is 38.3. The van der Waals surface area contributed by atoms with Crippen molar-refractivity contribution in [2.75, 3.05) is 11.5 Å². The number of halogens is 2. The van der Waals surface area contributed by atoms with Crippen molar-refractivity contribution in [3.8, 4) is 11.5 Å². The van der Waals surface area contributed by atoms with E-state index in [-0.39, 0.29) is 27.1 Å². The van der Waals surface area contributed by atoms with Crippen LogP contribution in [0.15, 0.2) is 42.0 Å². The number of rotatable bonds is 8. The highest BCUT2D eigenvalue weighted by molar-refractivity contribution is 6.40. The highest BCUT2D eigenvalue weighted by Crippen LogP contribution is 2.35. The lowest BCUT2D eigenvalue weighted by atomic mass is 10.1. The number of hydrogen-bond acceptors (Lipinski definition) is 5. The summed E-state index contributed by atoms with van der Waals surface area (Å²) in [6, 6.07) is 7.62. The van der Waals surface area contributed by atoms with Gasteiger partial charge < -0.3 is 9.84 Å². The fourth-order valence-electron chi connectivity index (χ4n) is 3.16. The van der Waals surface area contributed by atoms with Gasteiger partial charge >= 0.3 is 6.03 Å². The Labute approximate surface area is 195 Å². The molecule has 0 aromatic heterocycles. The van der Waals surface area contributed by atoms with Crippen LogP contribution in [0.5, 0.6) is 11.5 Å². The monoisotopic (exact) mass is 476 g/mol. The van der Waals surface area contributed by atoms with Crippen LogP contribution in [0.4, 0.5) is 10.5 Å². The van der Waals surface area contributed by atoms with Crippen molar-refractivity contribution in [1.82, 2.24) is 5.32 Å². The molecule has 32 heavy (non-hydrogen) atoms. The zero-order valence-corrected chi connectivity index (χ0v) is 18.9. The molecule has 0 radical (unpaired) electrons. The molecule has 1 aliphatic heterocycles. The lowest BCUT2D eigenvalue weighted by Crippen LogP contribution is -2.54. The van der Waals surface area contributed by atoms with Crippen LogP contribution in [0, 0.1) is 0 Å². The minimum Gasteiger partial charge on any atom is -0.508 e. The van der Waals surface area contributed by atoms with Gasteiger partial charge in [-0.15, -0.1) is 0 Å². The van der Waals surface area contributed by atoms with E-state index >= 15 is 0 Å². The van der Waals surface area contributed by atoms with Crippen LogP contribution >= 0.6 is 23.2 Å². The van der Waals surface area contributed by atoms with E-state index in [1.165, 1.54) is 42.5 Å². The highest BCUT2D eigenvalue weighted by atomic mass is 35.5. The minimum absolute atomic E-state index is 0.0255. The molecular formula is C23H22Cl2N2O5. The Morgan fingerprint density at radius 1 is 1.03 bits per heavy atom. The predicted molar refractivity (Wildman–Crippen MR) is 123 cm³/mol. The van der Waals surface area contributed by atoms with Crippen molar-refractivity contribution in [1.29, 1.82) is 0 Å². The Bertz CT molecular complexity index is 1040. The highest BCUT2D eigenvalue weighted by Gasteiger charge is 2.36. The van der Waals surface area contributed by atoms with Crippen molar-refractivity contribution in [2.45, 2.75) is 32.6 Å². The second-order valence-corrected chi connectivity index (χ2v) is 8.01. The molecule has 0 spiro atoms. The summed E-state index contributed by atoms with van der Waals surface area (Å²) in [6.45, 7) is 2.60. The molecular weight excluding hydrogens is 455 g/mol. The number of nitrogens with zero attached hydrogens (tertiary/aromatic N) is 1.